The third-order valence-electron chi connectivity index (χ3n) is 7.85. The fourth-order valence-electron chi connectivity index (χ4n) is 5.52. The lowest BCUT2D eigenvalue weighted by molar-refractivity contribution is -0.274. The Balaban J connectivity index is 1.13. The number of hydrogen-bond acceptors (Lipinski definition) is 8. The van der Waals surface area contributed by atoms with E-state index in [1.807, 2.05) is 30.3 Å². The van der Waals surface area contributed by atoms with Gasteiger partial charge in [-0.25, -0.2) is 9.79 Å². The number of carbonyl (C=O) groups is 3. The van der Waals surface area contributed by atoms with E-state index in [0.29, 0.717) is 30.8 Å². The fourth-order valence-corrected chi connectivity index (χ4v) is 6.75. The van der Waals surface area contributed by atoms with Gasteiger partial charge in [0.2, 0.25) is 11.8 Å². The normalized spacial score (nSPS) is 18.8. The average molecular weight is 693 g/mol. The molecule has 3 amide bonds. The van der Waals surface area contributed by atoms with Crippen molar-refractivity contribution in [3.8, 4) is 5.75 Å². The number of aliphatic imine (C=N–C) groups is 1. The standard InChI is InChI=1S/C35H31F3N4O6S/c36-35(37,38)48-27-10-4-9-26(19-27)40-33-42(21-28-11-6-18-46-28)31(43)20-30(49-33)24-13-15-25(16-14-24)39-32(44)29-12-5-17-41(29)34(45)47-22-23-7-2-1-3-8-23/h1-4,6-11,13-16,18-19,29-30H,5,12,17,20-22H2,(H,39,44)/t29-,30?/m0/s1. The van der Waals surface area contributed by atoms with Crippen LogP contribution in [0.1, 0.15) is 41.4 Å². The van der Waals surface area contributed by atoms with Gasteiger partial charge in [0.15, 0.2) is 5.17 Å². The molecule has 2 saturated heterocycles. The lowest BCUT2D eigenvalue weighted by atomic mass is 10.1. The maximum absolute atomic E-state index is 13.4. The monoisotopic (exact) mass is 692 g/mol. The number of nitrogens with one attached hydrogen (secondary N) is 1. The van der Waals surface area contributed by atoms with Crippen LogP contribution in [0, 0.1) is 0 Å². The van der Waals surface area contributed by atoms with Crippen molar-refractivity contribution < 1.29 is 41.4 Å². The second-order valence-corrected chi connectivity index (χ2v) is 12.5. The molecule has 0 saturated carbocycles. The first-order valence-corrected chi connectivity index (χ1v) is 16.3. The van der Waals surface area contributed by atoms with Crippen molar-refractivity contribution in [1.82, 2.24) is 9.80 Å². The number of anilines is 1. The van der Waals surface area contributed by atoms with Crippen LogP contribution in [0.25, 0.3) is 0 Å². The van der Waals surface area contributed by atoms with Crippen molar-refractivity contribution in [2.75, 3.05) is 11.9 Å². The van der Waals surface area contributed by atoms with Crippen LogP contribution in [0.2, 0.25) is 0 Å². The van der Waals surface area contributed by atoms with E-state index < -0.39 is 24.2 Å². The molecule has 0 aliphatic carbocycles. The van der Waals surface area contributed by atoms with Gasteiger partial charge in [-0.2, -0.15) is 0 Å². The lowest BCUT2D eigenvalue weighted by Crippen LogP contribution is -2.43. The molecule has 10 nitrogen and oxygen atoms in total. The van der Waals surface area contributed by atoms with Gasteiger partial charge in [-0.05, 0) is 60.4 Å². The average Bonchev–Trinajstić information content (AvgIpc) is 3.78. The van der Waals surface area contributed by atoms with Crippen molar-refractivity contribution in [2.45, 2.75) is 50.1 Å². The topological polar surface area (TPSA) is 114 Å². The first-order valence-electron chi connectivity index (χ1n) is 15.4. The highest BCUT2D eigenvalue weighted by Crippen LogP contribution is 2.41. The summed E-state index contributed by atoms with van der Waals surface area (Å²) < 4.78 is 53.4. The van der Waals surface area contributed by atoms with Gasteiger partial charge in [-0.3, -0.25) is 19.4 Å². The number of amidine groups is 1. The number of nitrogens with zero attached hydrogens (tertiary/aromatic N) is 3. The predicted octanol–water partition coefficient (Wildman–Crippen LogP) is 7.81. The molecule has 2 atom stereocenters. The van der Waals surface area contributed by atoms with Crippen LogP contribution in [0.5, 0.6) is 5.75 Å². The largest absolute Gasteiger partial charge is 0.573 e. The maximum Gasteiger partial charge on any atom is 0.573 e. The molecule has 6 rings (SSSR count). The molecular weight excluding hydrogens is 661 g/mol. The smallest absolute Gasteiger partial charge is 0.467 e. The van der Waals surface area contributed by atoms with Gasteiger partial charge in [0.05, 0.1) is 18.5 Å². The van der Waals surface area contributed by atoms with E-state index in [-0.39, 0.29) is 47.5 Å². The van der Waals surface area contributed by atoms with E-state index in [1.54, 1.807) is 36.4 Å². The van der Waals surface area contributed by atoms with Crippen LogP contribution in [0.15, 0.2) is 107 Å². The number of furan rings is 1. The molecule has 3 heterocycles. The molecule has 0 radical (unpaired) electrons. The minimum absolute atomic E-state index is 0.0894. The van der Waals surface area contributed by atoms with E-state index in [4.69, 9.17) is 9.15 Å². The molecule has 49 heavy (non-hydrogen) atoms. The fraction of sp³-hybridized carbons (Fsp3) is 0.257. The summed E-state index contributed by atoms with van der Waals surface area (Å²) in [6, 6.07) is 24.3. The molecule has 0 spiro atoms. The van der Waals surface area contributed by atoms with E-state index in [1.165, 1.54) is 46.0 Å². The highest BCUT2D eigenvalue weighted by atomic mass is 32.2. The molecule has 1 unspecified atom stereocenters. The maximum atomic E-state index is 13.4. The predicted molar refractivity (Wildman–Crippen MR) is 176 cm³/mol. The highest BCUT2D eigenvalue weighted by molar-refractivity contribution is 8.14. The van der Waals surface area contributed by atoms with Crippen molar-refractivity contribution in [3.63, 3.8) is 0 Å². The third kappa shape index (κ3) is 8.82. The van der Waals surface area contributed by atoms with Gasteiger partial charge in [0, 0.05) is 30.0 Å². The van der Waals surface area contributed by atoms with Crippen LogP contribution in [-0.4, -0.2) is 51.8 Å². The Morgan fingerprint density at radius 1 is 1.00 bits per heavy atom. The summed E-state index contributed by atoms with van der Waals surface area (Å²) in [6.07, 6.45) is -2.63. The number of benzene rings is 3. The summed E-state index contributed by atoms with van der Waals surface area (Å²) in [6.45, 7) is 0.615. The SMILES string of the molecule is O=C(Nc1ccc(C2CC(=O)N(Cc3ccco3)C(=Nc3cccc(OC(F)(F)F)c3)S2)cc1)[C@@H]1CCCN1C(=O)OCc1ccccc1. The van der Waals surface area contributed by atoms with Crippen molar-refractivity contribution in [1.29, 1.82) is 0 Å². The number of rotatable bonds is 9. The molecule has 4 aromatic rings. The molecule has 14 heteroatoms. The Kier molecular flexibility index (Phi) is 10.2. The van der Waals surface area contributed by atoms with Crippen molar-refractivity contribution in [2.24, 2.45) is 4.99 Å². The summed E-state index contributed by atoms with van der Waals surface area (Å²) >= 11 is 1.28. The zero-order chi connectivity index (χ0) is 34.4. The second-order valence-electron chi connectivity index (χ2n) is 11.3. The van der Waals surface area contributed by atoms with Gasteiger partial charge in [-0.1, -0.05) is 60.3 Å². The second kappa shape index (κ2) is 14.9. The zero-order valence-electron chi connectivity index (χ0n) is 26.0. The molecule has 1 N–H and O–H groups in total. The summed E-state index contributed by atoms with van der Waals surface area (Å²) in [4.78, 5) is 46.9. The molecule has 0 bridgehead atoms. The lowest BCUT2D eigenvalue weighted by Gasteiger charge is -2.32. The Morgan fingerprint density at radius 2 is 1.80 bits per heavy atom. The van der Waals surface area contributed by atoms with Gasteiger partial charge in [-0.15, -0.1) is 13.2 Å². The van der Waals surface area contributed by atoms with E-state index >= 15 is 0 Å². The summed E-state index contributed by atoms with van der Waals surface area (Å²) in [5, 5.41) is 2.79. The van der Waals surface area contributed by atoms with Gasteiger partial charge in [0.1, 0.15) is 24.2 Å². The number of ether oxygens (including phenoxy) is 2. The number of hydrogen-bond donors (Lipinski definition) is 1. The molecule has 2 fully saturated rings. The molecule has 3 aromatic carbocycles. The van der Waals surface area contributed by atoms with Crippen molar-refractivity contribution >= 4 is 46.2 Å². The van der Waals surface area contributed by atoms with E-state index in [2.05, 4.69) is 15.0 Å². The Morgan fingerprint density at radius 3 is 2.53 bits per heavy atom. The van der Waals surface area contributed by atoms with Crippen LogP contribution in [-0.2, 0) is 27.5 Å². The van der Waals surface area contributed by atoms with Gasteiger partial charge in [0.25, 0.3) is 0 Å². The first-order chi connectivity index (χ1) is 23.6. The van der Waals surface area contributed by atoms with E-state index in [9.17, 15) is 27.6 Å². The number of alkyl halides is 3. The Bertz CT molecular complexity index is 1800. The Labute approximate surface area is 283 Å². The molecule has 2 aliphatic heterocycles. The number of carbonyl (C=O) groups excluding carboxylic acids is 3. The summed E-state index contributed by atoms with van der Waals surface area (Å²) in [7, 11) is 0. The molecular formula is C35H31F3N4O6S. The molecule has 254 valence electrons. The number of halogens is 3. The van der Waals surface area contributed by atoms with Crippen LogP contribution >= 0.6 is 11.8 Å². The van der Waals surface area contributed by atoms with Crippen LogP contribution < -0.4 is 10.1 Å². The van der Waals surface area contributed by atoms with Crippen LogP contribution in [0.3, 0.4) is 0 Å². The zero-order valence-corrected chi connectivity index (χ0v) is 26.8. The summed E-state index contributed by atoms with van der Waals surface area (Å²) in [5.41, 5.74) is 2.32. The highest BCUT2D eigenvalue weighted by Gasteiger charge is 2.36. The van der Waals surface area contributed by atoms with Gasteiger partial charge < -0.3 is 19.2 Å². The molecule has 1 aromatic heterocycles. The number of amides is 3. The number of thioether (sulfide) groups is 1. The van der Waals surface area contributed by atoms with Crippen LogP contribution in [0.4, 0.5) is 29.3 Å². The van der Waals surface area contributed by atoms with Crippen molar-refractivity contribution in [3.05, 3.63) is 114 Å². The van der Waals surface area contributed by atoms with Gasteiger partial charge >= 0.3 is 12.5 Å². The molecule has 2 aliphatic rings. The Hall–Kier alpha value is -5.24. The number of likely N-dealkylation sites (tertiary alicyclic amines) is 1. The summed E-state index contributed by atoms with van der Waals surface area (Å²) in [5.74, 6) is -0.499. The minimum Gasteiger partial charge on any atom is -0.467 e. The quantitative estimate of drug-likeness (QED) is 0.190. The first kappa shape index (κ1) is 33.7. The van der Waals surface area contributed by atoms with E-state index in [0.717, 1.165) is 17.2 Å². The minimum atomic E-state index is -4.87. The third-order valence-corrected chi connectivity index (χ3v) is 9.10.